The minimum Gasteiger partial charge on any atom is -0.378 e. The van der Waals surface area contributed by atoms with E-state index in [9.17, 15) is 4.79 Å². The van der Waals surface area contributed by atoms with E-state index in [0.29, 0.717) is 6.54 Å². The zero-order valence-corrected chi connectivity index (χ0v) is 17.6. The Balaban J connectivity index is 1.68. The lowest BCUT2D eigenvalue weighted by Gasteiger charge is -2.25. The summed E-state index contributed by atoms with van der Waals surface area (Å²) in [6, 6.07) is 26.2. The van der Waals surface area contributed by atoms with Crippen LogP contribution in [0.5, 0.6) is 0 Å². The molecule has 0 spiro atoms. The zero-order valence-electron chi connectivity index (χ0n) is 17.6. The number of carbonyl (C=O) groups excluding carboxylic acids is 1. The highest BCUT2D eigenvalue weighted by molar-refractivity contribution is 5.98. The second-order valence-corrected chi connectivity index (χ2v) is 7.55. The summed E-state index contributed by atoms with van der Waals surface area (Å²) in [5.74, 6) is -0.0132. The van der Waals surface area contributed by atoms with Gasteiger partial charge in [-0.1, -0.05) is 60.7 Å². The van der Waals surface area contributed by atoms with Gasteiger partial charge in [0, 0.05) is 37.6 Å². The maximum atomic E-state index is 12.9. The molecule has 0 aliphatic heterocycles. The number of anilines is 2. The maximum absolute atomic E-state index is 12.9. The Morgan fingerprint density at radius 2 is 1.48 bits per heavy atom. The Labute approximate surface area is 173 Å². The molecule has 0 saturated carbocycles. The molecule has 0 saturated heterocycles. The van der Waals surface area contributed by atoms with Gasteiger partial charge in [0.1, 0.15) is 0 Å². The van der Waals surface area contributed by atoms with Crippen LogP contribution in [0.25, 0.3) is 11.1 Å². The van der Waals surface area contributed by atoms with E-state index in [0.717, 1.165) is 16.8 Å². The van der Waals surface area contributed by atoms with Gasteiger partial charge < -0.3 is 10.2 Å². The van der Waals surface area contributed by atoms with Crippen LogP contribution in [0.4, 0.5) is 11.4 Å². The van der Waals surface area contributed by atoms with Crippen LogP contribution in [0, 0.1) is 0 Å². The van der Waals surface area contributed by atoms with E-state index in [1.165, 1.54) is 11.3 Å². The van der Waals surface area contributed by atoms with Crippen molar-refractivity contribution in [2.75, 3.05) is 31.4 Å². The summed E-state index contributed by atoms with van der Waals surface area (Å²) in [6.07, 6.45) is 0. The lowest BCUT2D eigenvalue weighted by atomic mass is 10.0. The van der Waals surface area contributed by atoms with Gasteiger partial charge >= 0.3 is 0 Å². The summed E-state index contributed by atoms with van der Waals surface area (Å²) >= 11 is 0. The van der Waals surface area contributed by atoms with Crippen molar-refractivity contribution in [3.63, 3.8) is 0 Å². The van der Waals surface area contributed by atoms with E-state index in [1.54, 1.807) is 0 Å². The number of likely N-dealkylation sites (N-methyl/N-ethyl adjacent to an activating group) is 1. The third-order valence-corrected chi connectivity index (χ3v) is 5.20. The molecule has 150 valence electrons. The van der Waals surface area contributed by atoms with Crippen molar-refractivity contribution in [2.45, 2.75) is 19.5 Å². The first-order chi connectivity index (χ1) is 14.0. The fourth-order valence-electron chi connectivity index (χ4n) is 3.22. The van der Waals surface area contributed by atoms with Crippen molar-refractivity contribution >= 4 is 17.3 Å². The Hall–Kier alpha value is -3.11. The molecule has 0 bridgehead atoms. The van der Waals surface area contributed by atoms with E-state index < -0.39 is 0 Å². The van der Waals surface area contributed by atoms with Crippen molar-refractivity contribution in [2.24, 2.45) is 0 Å². The van der Waals surface area contributed by atoms with Crippen LogP contribution < -0.4 is 10.2 Å². The van der Waals surface area contributed by atoms with Gasteiger partial charge in [-0.15, -0.1) is 0 Å². The van der Waals surface area contributed by atoms with E-state index in [4.69, 9.17) is 0 Å². The molecule has 0 heterocycles. The van der Waals surface area contributed by atoms with Crippen LogP contribution >= 0.6 is 0 Å². The molecule has 0 aliphatic carbocycles. The second kappa shape index (κ2) is 9.39. The Morgan fingerprint density at radius 3 is 2.14 bits per heavy atom. The monoisotopic (exact) mass is 387 g/mol. The van der Waals surface area contributed by atoms with Crippen LogP contribution in [-0.4, -0.2) is 38.0 Å². The quantitative estimate of drug-likeness (QED) is 0.628. The van der Waals surface area contributed by atoms with Gasteiger partial charge in [0.25, 0.3) is 0 Å². The summed E-state index contributed by atoms with van der Waals surface area (Å²) in [4.78, 5) is 17.0. The average Bonchev–Trinajstić information content (AvgIpc) is 2.74. The van der Waals surface area contributed by atoms with Crippen molar-refractivity contribution < 1.29 is 4.79 Å². The molecular weight excluding hydrogens is 358 g/mol. The molecule has 4 heteroatoms. The third-order valence-electron chi connectivity index (χ3n) is 5.20. The highest BCUT2D eigenvalue weighted by Crippen LogP contribution is 2.27. The molecule has 1 N–H and O–H groups in total. The molecule has 1 amide bonds. The number of nitrogens with zero attached hydrogens (tertiary/aromatic N) is 2. The van der Waals surface area contributed by atoms with Crippen LogP contribution in [0.1, 0.15) is 12.5 Å². The van der Waals surface area contributed by atoms with Gasteiger partial charge in [-0.2, -0.15) is 0 Å². The lowest BCUT2D eigenvalue weighted by Crippen LogP contribution is -2.39. The molecule has 0 fully saturated rings. The van der Waals surface area contributed by atoms with Gasteiger partial charge in [-0.25, -0.2) is 0 Å². The predicted octanol–water partition coefficient (Wildman–Crippen LogP) is 4.88. The number of amides is 1. The molecule has 1 atom stereocenters. The van der Waals surface area contributed by atoms with Crippen molar-refractivity contribution in [1.29, 1.82) is 0 Å². The summed E-state index contributed by atoms with van der Waals surface area (Å²) < 4.78 is 0. The number of benzene rings is 3. The largest absolute Gasteiger partial charge is 0.378 e. The number of rotatable bonds is 7. The SMILES string of the molecule is C[C@@H](C(=O)Nc1ccccc1-c1ccccc1)N(C)Cc1ccc(N(C)C)cc1. The average molecular weight is 388 g/mol. The topological polar surface area (TPSA) is 35.6 Å². The van der Waals surface area contributed by atoms with Crippen LogP contribution in [-0.2, 0) is 11.3 Å². The van der Waals surface area contributed by atoms with Gasteiger partial charge in [-0.05, 0) is 43.3 Å². The number of para-hydroxylation sites is 1. The second-order valence-electron chi connectivity index (χ2n) is 7.55. The number of hydrogen-bond donors (Lipinski definition) is 1. The first kappa shape index (κ1) is 20.6. The Morgan fingerprint density at radius 1 is 0.862 bits per heavy atom. The lowest BCUT2D eigenvalue weighted by molar-refractivity contribution is -0.120. The highest BCUT2D eigenvalue weighted by Gasteiger charge is 2.19. The smallest absolute Gasteiger partial charge is 0.241 e. The summed E-state index contributed by atoms with van der Waals surface area (Å²) in [5, 5.41) is 3.11. The number of hydrogen-bond acceptors (Lipinski definition) is 3. The van der Waals surface area contributed by atoms with Crippen LogP contribution in [0.15, 0.2) is 78.9 Å². The molecule has 0 unspecified atom stereocenters. The number of carbonyl (C=O) groups is 1. The first-order valence-electron chi connectivity index (χ1n) is 9.87. The van der Waals surface area contributed by atoms with Gasteiger partial charge in [0.05, 0.1) is 6.04 Å². The molecule has 29 heavy (non-hydrogen) atoms. The van der Waals surface area contributed by atoms with Crippen molar-refractivity contribution in [1.82, 2.24) is 4.90 Å². The zero-order chi connectivity index (χ0) is 20.8. The fraction of sp³-hybridized carbons (Fsp3) is 0.240. The normalized spacial score (nSPS) is 11.9. The standard InChI is InChI=1S/C25H29N3O/c1-19(28(4)18-20-14-16-22(17-15-20)27(2)3)25(29)26-24-13-9-8-12-23(24)21-10-6-5-7-11-21/h5-17,19H,18H2,1-4H3,(H,26,29)/t19-/m0/s1. The molecular formula is C25H29N3O. The van der Waals surface area contributed by atoms with E-state index in [1.807, 2.05) is 70.5 Å². The van der Waals surface area contributed by atoms with Gasteiger partial charge in [0.2, 0.25) is 5.91 Å². The minimum absolute atomic E-state index is 0.0132. The molecule has 0 aliphatic rings. The predicted molar refractivity (Wildman–Crippen MR) is 122 cm³/mol. The Kier molecular flexibility index (Phi) is 6.68. The first-order valence-corrected chi connectivity index (χ1v) is 9.87. The van der Waals surface area contributed by atoms with Crippen LogP contribution in [0.2, 0.25) is 0 Å². The van der Waals surface area contributed by atoms with Gasteiger partial charge in [0.15, 0.2) is 0 Å². The van der Waals surface area contributed by atoms with Gasteiger partial charge in [-0.3, -0.25) is 9.69 Å². The Bertz CT molecular complexity index is 936. The van der Waals surface area contributed by atoms with E-state index in [2.05, 4.69) is 51.5 Å². The molecule has 0 radical (unpaired) electrons. The minimum atomic E-state index is -0.257. The summed E-state index contributed by atoms with van der Waals surface area (Å²) in [6.45, 7) is 2.65. The van der Waals surface area contributed by atoms with E-state index >= 15 is 0 Å². The third kappa shape index (κ3) is 5.24. The molecule has 3 aromatic carbocycles. The highest BCUT2D eigenvalue weighted by atomic mass is 16.2. The number of nitrogens with one attached hydrogen (secondary N) is 1. The molecule has 3 aromatic rings. The van der Waals surface area contributed by atoms with Crippen LogP contribution in [0.3, 0.4) is 0 Å². The maximum Gasteiger partial charge on any atom is 0.241 e. The fourth-order valence-corrected chi connectivity index (χ4v) is 3.22. The van der Waals surface area contributed by atoms with E-state index in [-0.39, 0.29) is 11.9 Å². The molecule has 0 aromatic heterocycles. The molecule has 3 rings (SSSR count). The molecule has 4 nitrogen and oxygen atoms in total. The van der Waals surface area contributed by atoms with Crippen molar-refractivity contribution in [3.05, 3.63) is 84.4 Å². The summed E-state index contributed by atoms with van der Waals surface area (Å²) in [7, 11) is 6.04. The summed E-state index contributed by atoms with van der Waals surface area (Å²) in [5.41, 5.74) is 5.29. The van der Waals surface area contributed by atoms with Crippen molar-refractivity contribution in [3.8, 4) is 11.1 Å².